The smallest absolute Gasteiger partial charge is 0.416 e. The Morgan fingerprint density at radius 3 is 2.55 bits per heavy atom. The van der Waals surface area contributed by atoms with Crippen molar-refractivity contribution >= 4 is 5.91 Å². The Labute approximate surface area is 188 Å². The van der Waals surface area contributed by atoms with E-state index < -0.39 is 11.7 Å². The van der Waals surface area contributed by atoms with Crippen LogP contribution in [0.5, 0.6) is 5.75 Å². The van der Waals surface area contributed by atoms with Crippen LogP contribution < -0.4 is 4.74 Å². The van der Waals surface area contributed by atoms with Crippen LogP contribution >= 0.6 is 0 Å². The van der Waals surface area contributed by atoms with Crippen LogP contribution in [0.25, 0.3) is 11.1 Å². The molecule has 0 unspecified atom stereocenters. The highest BCUT2D eigenvalue weighted by Gasteiger charge is 2.36. The normalized spacial score (nSPS) is 13.7. The second-order valence-electron chi connectivity index (χ2n) is 8.00. The van der Waals surface area contributed by atoms with E-state index in [0.29, 0.717) is 29.0 Å². The summed E-state index contributed by atoms with van der Waals surface area (Å²) in [5.41, 5.74) is 0.856. The van der Waals surface area contributed by atoms with Gasteiger partial charge in [0.2, 0.25) is 5.91 Å². The SMILES string of the molecule is CCN(Cc1cc(C(F)(F)F)c(Cc2nn[nH]n2)cc1-c1ccccc1OC)C(=O)C1CC1. The molecule has 2 aromatic carbocycles. The summed E-state index contributed by atoms with van der Waals surface area (Å²) in [6.07, 6.45) is -3.09. The number of aromatic amines is 1. The van der Waals surface area contributed by atoms with Gasteiger partial charge in [-0.25, -0.2) is 0 Å². The summed E-state index contributed by atoms with van der Waals surface area (Å²) in [4.78, 5) is 14.3. The summed E-state index contributed by atoms with van der Waals surface area (Å²) in [6, 6.07) is 9.78. The second kappa shape index (κ2) is 9.21. The third-order valence-electron chi connectivity index (χ3n) is 5.75. The number of methoxy groups -OCH3 is 1. The minimum absolute atomic E-state index is 0.0186. The Bertz CT molecular complexity index is 1130. The molecule has 0 radical (unpaired) electrons. The highest BCUT2D eigenvalue weighted by molar-refractivity contribution is 5.82. The van der Waals surface area contributed by atoms with Crippen molar-refractivity contribution in [2.24, 2.45) is 5.92 Å². The number of aromatic nitrogens is 4. The van der Waals surface area contributed by atoms with Gasteiger partial charge < -0.3 is 9.64 Å². The van der Waals surface area contributed by atoms with Crippen molar-refractivity contribution < 1.29 is 22.7 Å². The van der Waals surface area contributed by atoms with E-state index in [4.69, 9.17) is 4.74 Å². The van der Waals surface area contributed by atoms with E-state index in [9.17, 15) is 18.0 Å². The van der Waals surface area contributed by atoms with Crippen molar-refractivity contribution in [1.82, 2.24) is 25.5 Å². The van der Waals surface area contributed by atoms with Gasteiger partial charge in [-0.3, -0.25) is 4.79 Å². The number of carbonyl (C=O) groups is 1. The van der Waals surface area contributed by atoms with Gasteiger partial charge in [0.05, 0.1) is 12.7 Å². The van der Waals surface area contributed by atoms with Crippen LogP contribution in [0.4, 0.5) is 13.2 Å². The molecule has 1 aliphatic rings. The molecule has 1 aliphatic carbocycles. The maximum absolute atomic E-state index is 14.1. The molecule has 0 atom stereocenters. The van der Waals surface area contributed by atoms with Gasteiger partial charge in [0.25, 0.3) is 0 Å². The summed E-state index contributed by atoms with van der Waals surface area (Å²) < 4.78 is 47.7. The molecule has 7 nitrogen and oxygen atoms in total. The largest absolute Gasteiger partial charge is 0.496 e. The van der Waals surface area contributed by atoms with E-state index >= 15 is 0 Å². The number of alkyl halides is 3. The summed E-state index contributed by atoms with van der Waals surface area (Å²) in [5.74, 6) is 0.631. The lowest BCUT2D eigenvalue weighted by Crippen LogP contribution is -2.32. The van der Waals surface area contributed by atoms with Gasteiger partial charge in [-0.1, -0.05) is 23.4 Å². The lowest BCUT2D eigenvalue weighted by atomic mass is 9.91. The fourth-order valence-corrected chi connectivity index (χ4v) is 3.92. The molecule has 3 aromatic rings. The summed E-state index contributed by atoms with van der Waals surface area (Å²) in [6.45, 7) is 2.32. The van der Waals surface area contributed by atoms with Crippen LogP contribution in [-0.2, 0) is 23.9 Å². The number of para-hydroxylation sites is 1. The molecule has 1 saturated carbocycles. The van der Waals surface area contributed by atoms with E-state index in [1.54, 1.807) is 29.2 Å². The zero-order chi connectivity index (χ0) is 23.6. The van der Waals surface area contributed by atoms with Gasteiger partial charge in [-0.15, -0.1) is 10.2 Å². The Kier molecular flexibility index (Phi) is 6.35. The number of halogens is 3. The van der Waals surface area contributed by atoms with E-state index in [-0.39, 0.29) is 36.2 Å². The minimum atomic E-state index is -4.59. The first-order valence-corrected chi connectivity index (χ1v) is 10.7. The molecule has 4 rings (SSSR count). The van der Waals surface area contributed by atoms with Crippen LogP contribution in [0.1, 0.15) is 42.3 Å². The number of benzene rings is 2. The fourth-order valence-electron chi connectivity index (χ4n) is 3.92. The zero-order valence-electron chi connectivity index (χ0n) is 18.3. The predicted molar refractivity (Wildman–Crippen MR) is 114 cm³/mol. The lowest BCUT2D eigenvalue weighted by molar-refractivity contribution is -0.138. The van der Waals surface area contributed by atoms with Crippen molar-refractivity contribution in [3.63, 3.8) is 0 Å². The Balaban J connectivity index is 1.87. The third kappa shape index (κ3) is 4.99. The van der Waals surface area contributed by atoms with Crippen molar-refractivity contribution in [3.05, 3.63) is 58.9 Å². The first kappa shape index (κ1) is 22.8. The molecule has 10 heteroatoms. The van der Waals surface area contributed by atoms with Gasteiger partial charge in [0.1, 0.15) is 5.75 Å². The molecule has 1 fully saturated rings. The monoisotopic (exact) mass is 459 g/mol. The average molecular weight is 459 g/mol. The van der Waals surface area contributed by atoms with Crippen molar-refractivity contribution in [3.8, 4) is 16.9 Å². The first-order chi connectivity index (χ1) is 15.8. The van der Waals surface area contributed by atoms with Gasteiger partial charge in [-0.05, 0) is 54.7 Å². The van der Waals surface area contributed by atoms with Crippen LogP contribution in [0.15, 0.2) is 36.4 Å². The Morgan fingerprint density at radius 1 is 1.18 bits per heavy atom. The number of carbonyl (C=O) groups excluding carboxylic acids is 1. The fraction of sp³-hybridized carbons (Fsp3) is 0.391. The number of ether oxygens (including phenoxy) is 1. The molecule has 1 aromatic heterocycles. The standard InChI is InChI=1S/C23H24F3N5O2/c1-3-31(22(32)14-8-9-14)13-16-11-19(23(24,25)26)15(12-21-27-29-30-28-21)10-18(16)17-6-4-5-7-20(17)33-2/h4-7,10-11,14H,3,8-9,12-13H2,1-2H3,(H,27,28,29,30). The van der Waals surface area contributed by atoms with Crippen LogP contribution in [0, 0.1) is 5.92 Å². The number of nitrogens with one attached hydrogen (secondary N) is 1. The summed E-state index contributed by atoms with van der Waals surface area (Å²) in [5, 5.41) is 13.3. The molecule has 174 valence electrons. The van der Waals surface area contributed by atoms with Crippen LogP contribution in [0.2, 0.25) is 0 Å². The lowest BCUT2D eigenvalue weighted by Gasteiger charge is -2.25. The van der Waals surface area contributed by atoms with Gasteiger partial charge >= 0.3 is 6.18 Å². The van der Waals surface area contributed by atoms with Gasteiger partial charge in [-0.2, -0.15) is 18.4 Å². The first-order valence-electron chi connectivity index (χ1n) is 10.7. The number of H-pyrrole nitrogens is 1. The van der Waals surface area contributed by atoms with Crippen molar-refractivity contribution in [2.45, 2.75) is 38.9 Å². The van der Waals surface area contributed by atoms with E-state index in [2.05, 4.69) is 20.6 Å². The maximum Gasteiger partial charge on any atom is 0.416 e. The number of amides is 1. The van der Waals surface area contributed by atoms with E-state index in [1.807, 2.05) is 6.92 Å². The highest BCUT2D eigenvalue weighted by atomic mass is 19.4. The minimum Gasteiger partial charge on any atom is -0.496 e. The molecule has 1 amide bonds. The summed E-state index contributed by atoms with van der Waals surface area (Å²) >= 11 is 0. The summed E-state index contributed by atoms with van der Waals surface area (Å²) in [7, 11) is 1.51. The number of nitrogens with zero attached hydrogens (tertiary/aromatic N) is 4. The van der Waals surface area contributed by atoms with Gasteiger partial charge in [0, 0.05) is 31.0 Å². The average Bonchev–Trinajstić information content (AvgIpc) is 3.53. The number of tetrazole rings is 1. The molecule has 1 N–H and O–H groups in total. The van der Waals surface area contributed by atoms with Crippen molar-refractivity contribution in [1.29, 1.82) is 0 Å². The van der Waals surface area contributed by atoms with Gasteiger partial charge in [0.15, 0.2) is 5.82 Å². The number of rotatable bonds is 8. The third-order valence-corrected chi connectivity index (χ3v) is 5.75. The molecule has 0 aliphatic heterocycles. The Morgan fingerprint density at radius 2 is 1.94 bits per heavy atom. The topological polar surface area (TPSA) is 84.0 Å². The molecular formula is C23H24F3N5O2. The van der Waals surface area contributed by atoms with E-state index in [1.165, 1.54) is 13.2 Å². The molecular weight excluding hydrogens is 435 g/mol. The van der Waals surface area contributed by atoms with Crippen molar-refractivity contribution in [2.75, 3.05) is 13.7 Å². The van der Waals surface area contributed by atoms with E-state index in [0.717, 1.165) is 18.9 Å². The Hall–Kier alpha value is -3.43. The molecule has 0 saturated heterocycles. The molecule has 0 spiro atoms. The predicted octanol–water partition coefficient (Wildman–Crippen LogP) is 4.24. The quantitative estimate of drug-likeness (QED) is 0.545. The highest BCUT2D eigenvalue weighted by Crippen LogP contribution is 2.40. The zero-order valence-corrected chi connectivity index (χ0v) is 18.3. The molecule has 0 bridgehead atoms. The van der Waals surface area contributed by atoms with Crippen LogP contribution in [-0.4, -0.2) is 45.1 Å². The number of hydrogen-bond donors (Lipinski definition) is 1. The number of hydrogen-bond acceptors (Lipinski definition) is 5. The second-order valence-corrected chi connectivity index (χ2v) is 8.00. The van der Waals surface area contributed by atoms with Crippen LogP contribution in [0.3, 0.4) is 0 Å². The molecule has 1 heterocycles. The molecule has 33 heavy (non-hydrogen) atoms. The maximum atomic E-state index is 14.1.